The molecule has 1 aliphatic carbocycles. The van der Waals surface area contributed by atoms with E-state index in [0.29, 0.717) is 18.6 Å². The molecule has 6 rings (SSSR count). The average Bonchev–Trinajstić information content (AvgIpc) is 3.36. The van der Waals surface area contributed by atoms with Crippen LogP contribution in [0.4, 0.5) is 17.5 Å². The predicted octanol–water partition coefficient (Wildman–Crippen LogP) is 4.66. The first-order valence-electron chi connectivity index (χ1n) is 17.2. The van der Waals surface area contributed by atoms with Crippen LogP contribution in [-0.4, -0.2) is 91.3 Å². The first-order chi connectivity index (χ1) is 21.2. The molecule has 9 nitrogen and oxygen atoms in total. The molecule has 2 atom stereocenters. The SMILES string of the molecule is O=C(NCCC1C(Nc2nccc(N3CCCCCC3)n2)CCCN1C1CCCCC1)c1ccc(N2CCNCC2)cc1. The predicted molar refractivity (Wildman–Crippen MR) is 175 cm³/mol. The second kappa shape index (κ2) is 15.2. The summed E-state index contributed by atoms with van der Waals surface area (Å²) in [5.41, 5.74) is 1.93. The van der Waals surface area contributed by atoms with Crippen LogP contribution in [0, 0.1) is 0 Å². The zero-order valence-corrected chi connectivity index (χ0v) is 26.0. The molecule has 2 unspecified atom stereocenters. The Kier molecular flexibility index (Phi) is 10.6. The van der Waals surface area contributed by atoms with Crippen molar-refractivity contribution in [1.82, 2.24) is 25.5 Å². The normalized spacial score (nSPS) is 24.4. The fraction of sp³-hybridized carbons (Fsp3) is 0.676. The number of carbonyl (C=O) groups excluding carboxylic acids is 1. The highest BCUT2D eigenvalue weighted by Gasteiger charge is 2.36. The fourth-order valence-electron chi connectivity index (χ4n) is 7.73. The Balaban J connectivity index is 1.10. The minimum atomic E-state index is 0.0184. The van der Waals surface area contributed by atoms with Crippen molar-refractivity contribution < 1.29 is 4.79 Å². The van der Waals surface area contributed by atoms with Crippen LogP contribution in [0.15, 0.2) is 36.5 Å². The molecule has 0 bridgehead atoms. The second-order valence-electron chi connectivity index (χ2n) is 13.0. The summed E-state index contributed by atoms with van der Waals surface area (Å²) < 4.78 is 0. The number of hydrogen-bond acceptors (Lipinski definition) is 8. The van der Waals surface area contributed by atoms with Gasteiger partial charge in [-0.25, -0.2) is 4.98 Å². The third kappa shape index (κ3) is 7.98. The van der Waals surface area contributed by atoms with E-state index in [-0.39, 0.29) is 11.9 Å². The Labute approximate surface area is 258 Å². The summed E-state index contributed by atoms with van der Waals surface area (Å²) in [5.74, 6) is 1.81. The number of aromatic nitrogens is 2. The monoisotopic (exact) mass is 588 g/mol. The third-order valence-corrected chi connectivity index (χ3v) is 10.1. The van der Waals surface area contributed by atoms with Crippen molar-refractivity contribution in [2.75, 3.05) is 67.5 Å². The van der Waals surface area contributed by atoms with E-state index in [1.54, 1.807) is 0 Å². The van der Waals surface area contributed by atoms with Gasteiger partial charge in [0.15, 0.2) is 0 Å². The molecule has 3 aliphatic heterocycles. The summed E-state index contributed by atoms with van der Waals surface area (Å²) >= 11 is 0. The second-order valence-corrected chi connectivity index (χ2v) is 13.0. The highest BCUT2D eigenvalue weighted by molar-refractivity contribution is 5.94. The van der Waals surface area contributed by atoms with Gasteiger partial charge in [-0.3, -0.25) is 9.69 Å². The van der Waals surface area contributed by atoms with Crippen LogP contribution in [-0.2, 0) is 0 Å². The fourth-order valence-corrected chi connectivity index (χ4v) is 7.73. The molecule has 1 amide bonds. The Morgan fingerprint density at radius 1 is 0.814 bits per heavy atom. The van der Waals surface area contributed by atoms with Gasteiger partial charge >= 0.3 is 0 Å². The van der Waals surface area contributed by atoms with Crippen molar-refractivity contribution in [2.45, 2.75) is 95.2 Å². The highest BCUT2D eigenvalue weighted by atomic mass is 16.1. The Morgan fingerprint density at radius 3 is 2.33 bits per heavy atom. The summed E-state index contributed by atoms with van der Waals surface area (Å²) in [6.45, 7) is 8.00. The van der Waals surface area contributed by atoms with Gasteiger partial charge in [0.2, 0.25) is 5.95 Å². The number of anilines is 3. The zero-order chi connectivity index (χ0) is 29.3. The topological polar surface area (TPSA) is 88.7 Å². The Bertz CT molecular complexity index is 1140. The van der Waals surface area contributed by atoms with Crippen molar-refractivity contribution in [3.8, 4) is 0 Å². The maximum atomic E-state index is 13.2. The van der Waals surface area contributed by atoms with Gasteiger partial charge in [-0.15, -0.1) is 0 Å². The number of hydrogen-bond donors (Lipinski definition) is 3. The standard InChI is InChI=1S/C34H52N8O/c43-33(27-12-14-28(15-13-27)40-25-20-35-21-26-40)36-18-16-31-30(11-8-24-42(31)29-9-4-3-5-10-29)38-34-37-19-17-32(39-34)41-22-6-1-2-7-23-41/h12-15,17,19,29-31,35H,1-11,16,18,20-26H2,(H,36,43)(H,37,38,39). The van der Waals surface area contributed by atoms with Gasteiger partial charge in [-0.1, -0.05) is 32.1 Å². The Morgan fingerprint density at radius 2 is 1.56 bits per heavy atom. The third-order valence-electron chi connectivity index (χ3n) is 10.1. The number of carbonyl (C=O) groups is 1. The van der Waals surface area contributed by atoms with E-state index < -0.39 is 0 Å². The van der Waals surface area contributed by atoms with E-state index in [0.717, 1.165) is 76.0 Å². The number of piperazine rings is 1. The molecule has 9 heteroatoms. The number of benzene rings is 1. The smallest absolute Gasteiger partial charge is 0.251 e. The van der Waals surface area contributed by atoms with Crippen LogP contribution in [0.2, 0.25) is 0 Å². The minimum absolute atomic E-state index is 0.0184. The summed E-state index contributed by atoms with van der Waals surface area (Å²) in [4.78, 5) is 30.4. The van der Waals surface area contributed by atoms with Crippen LogP contribution in [0.1, 0.15) is 87.4 Å². The van der Waals surface area contributed by atoms with Gasteiger partial charge in [-0.05, 0) is 81.8 Å². The molecule has 1 saturated carbocycles. The molecular formula is C34H52N8O. The van der Waals surface area contributed by atoms with Gasteiger partial charge < -0.3 is 25.8 Å². The molecule has 43 heavy (non-hydrogen) atoms. The minimum Gasteiger partial charge on any atom is -0.369 e. The van der Waals surface area contributed by atoms with Gasteiger partial charge in [0.25, 0.3) is 5.91 Å². The Hall–Kier alpha value is -2.91. The number of nitrogens with zero attached hydrogens (tertiary/aromatic N) is 5. The van der Waals surface area contributed by atoms with Crippen LogP contribution < -0.4 is 25.8 Å². The molecule has 234 valence electrons. The van der Waals surface area contributed by atoms with E-state index in [1.807, 2.05) is 18.3 Å². The van der Waals surface area contributed by atoms with Crippen molar-refractivity contribution in [2.24, 2.45) is 0 Å². The molecule has 1 aromatic carbocycles. The molecular weight excluding hydrogens is 536 g/mol. The molecule has 4 aliphatic rings. The average molecular weight is 589 g/mol. The van der Waals surface area contributed by atoms with Crippen LogP contribution in [0.5, 0.6) is 0 Å². The summed E-state index contributed by atoms with van der Waals surface area (Å²) in [6.07, 6.45) is 16.8. The molecule has 4 heterocycles. The quantitative estimate of drug-likeness (QED) is 0.390. The van der Waals surface area contributed by atoms with Crippen LogP contribution >= 0.6 is 0 Å². The molecule has 3 N–H and O–H groups in total. The maximum Gasteiger partial charge on any atom is 0.251 e. The number of piperidine rings is 1. The first kappa shape index (κ1) is 30.1. The number of likely N-dealkylation sites (tertiary alicyclic amines) is 1. The molecule has 4 fully saturated rings. The summed E-state index contributed by atoms with van der Waals surface area (Å²) in [6, 6.07) is 11.4. The first-order valence-corrected chi connectivity index (χ1v) is 17.2. The van der Waals surface area contributed by atoms with E-state index in [2.05, 4.69) is 53.8 Å². The molecule has 2 aromatic rings. The largest absolute Gasteiger partial charge is 0.369 e. The van der Waals surface area contributed by atoms with Crippen molar-refractivity contribution in [3.05, 3.63) is 42.1 Å². The van der Waals surface area contributed by atoms with Crippen molar-refractivity contribution in [1.29, 1.82) is 0 Å². The number of amides is 1. The van der Waals surface area contributed by atoms with Gasteiger partial charge in [0.05, 0.1) is 0 Å². The molecule has 3 saturated heterocycles. The lowest BCUT2D eigenvalue weighted by Crippen LogP contribution is -2.56. The van der Waals surface area contributed by atoms with Crippen molar-refractivity contribution in [3.63, 3.8) is 0 Å². The lowest BCUT2D eigenvalue weighted by molar-refractivity contribution is 0.0591. The highest BCUT2D eigenvalue weighted by Crippen LogP contribution is 2.31. The van der Waals surface area contributed by atoms with Crippen LogP contribution in [0.3, 0.4) is 0 Å². The molecule has 0 radical (unpaired) electrons. The van der Waals surface area contributed by atoms with Gasteiger partial charge in [-0.2, -0.15) is 4.98 Å². The van der Waals surface area contributed by atoms with E-state index in [9.17, 15) is 4.79 Å². The number of rotatable bonds is 9. The van der Waals surface area contributed by atoms with Gasteiger partial charge in [0, 0.05) is 81.4 Å². The maximum absolute atomic E-state index is 13.2. The summed E-state index contributed by atoms with van der Waals surface area (Å²) in [5, 5.41) is 10.4. The lowest BCUT2D eigenvalue weighted by atomic mass is 9.87. The molecule has 1 aromatic heterocycles. The van der Waals surface area contributed by atoms with Gasteiger partial charge in [0.1, 0.15) is 5.82 Å². The van der Waals surface area contributed by atoms with E-state index in [4.69, 9.17) is 4.98 Å². The lowest BCUT2D eigenvalue weighted by Gasteiger charge is -2.47. The zero-order valence-electron chi connectivity index (χ0n) is 26.0. The van der Waals surface area contributed by atoms with E-state index >= 15 is 0 Å². The van der Waals surface area contributed by atoms with Crippen molar-refractivity contribution >= 4 is 23.4 Å². The van der Waals surface area contributed by atoms with Crippen LogP contribution in [0.25, 0.3) is 0 Å². The molecule has 0 spiro atoms. The summed E-state index contributed by atoms with van der Waals surface area (Å²) in [7, 11) is 0. The van der Waals surface area contributed by atoms with E-state index in [1.165, 1.54) is 69.9 Å². The number of nitrogens with one attached hydrogen (secondary N) is 3.